The van der Waals surface area contributed by atoms with E-state index in [9.17, 15) is 8.78 Å². The van der Waals surface area contributed by atoms with Gasteiger partial charge in [-0.3, -0.25) is 4.79 Å². The highest BCUT2D eigenvalue weighted by molar-refractivity contribution is 5.94. The molecule has 0 saturated heterocycles. The first-order valence-corrected chi connectivity index (χ1v) is 13.9. The third-order valence-electron chi connectivity index (χ3n) is 7.66. The van der Waals surface area contributed by atoms with Gasteiger partial charge in [0, 0.05) is 11.1 Å². The molecular weight excluding hydrogens is 570 g/mol. The number of ether oxygens (including phenoxy) is 6. The summed E-state index contributed by atoms with van der Waals surface area (Å²) < 4.78 is 62.9. The fraction of sp³-hybridized carbons (Fsp3) is 0.286. The summed E-state index contributed by atoms with van der Waals surface area (Å²) in [7, 11) is 8.83. The van der Waals surface area contributed by atoms with Crippen molar-refractivity contribution < 1.29 is 42.0 Å². The lowest BCUT2D eigenvalue weighted by Gasteiger charge is -2.27. The third kappa shape index (κ3) is 6.72. The summed E-state index contributed by atoms with van der Waals surface area (Å²) in [5.41, 5.74) is 2.02. The SMILES string of the molecule is COc1ccc(OC)c(C(Cc2cccc(F)c2OC)C(=O)C(Cc2cccc(F)c2OC)c2cc(OC)ccc2OC)c1. The Morgan fingerprint density at radius 2 is 0.977 bits per heavy atom. The second-order valence-electron chi connectivity index (χ2n) is 10.00. The molecule has 0 radical (unpaired) electrons. The van der Waals surface area contributed by atoms with Gasteiger partial charge in [-0.05, 0) is 72.5 Å². The number of ketones is 1. The fourth-order valence-corrected chi connectivity index (χ4v) is 5.52. The summed E-state index contributed by atoms with van der Waals surface area (Å²) in [5.74, 6) is -1.18. The lowest BCUT2D eigenvalue weighted by atomic mass is 9.77. The van der Waals surface area contributed by atoms with Gasteiger partial charge in [0.2, 0.25) is 0 Å². The monoisotopic (exact) mass is 606 g/mol. The van der Waals surface area contributed by atoms with Gasteiger partial charge >= 0.3 is 0 Å². The zero-order valence-corrected chi connectivity index (χ0v) is 25.6. The van der Waals surface area contributed by atoms with Crippen LogP contribution >= 0.6 is 0 Å². The van der Waals surface area contributed by atoms with Crippen molar-refractivity contribution in [2.45, 2.75) is 24.7 Å². The van der Waals surface area contributed by atoms with E-state index < -0.39 is 23.5 Å². The predicted octanol–water partition coefficient (Wildman–Crippen LogP) is 6.94. The highest BCUT2D eigenvalue weighted by Gasteiger charge is 2.35. The van der Waals surface area contributed by atoms with Crippen molar-refractivity contribution in [3.05, 3.63) is 107 Å². The molecule has 7 nitrogen and oxygen atoms in total. The molecule has 0 heterocycles. The third-order valence-corrected chi connectivity index (χ3v) is 7.66. The van der Waals surface area contributed by atoms with Crippen LogP contribution < -0.4 is 28.4 Å². The zero-order chi connectivity index (χ0) is 31.8. The lowest BCUT2D eigenvalue weighted by Crippen LogP contribution is -2.26. The number of rotatable bonds is 14. The van der Waals surface area contributed by atoms with Crippen LogP contribution in [0.15, 0.2) is 72.8 Å². The van der Waals surface area contributed by atoms with E-state index in [-0.39, 0.29) is 30.1 Å². The Morgan fingerprint density at radius 1 is 0.568 bits per heavy atom. The van der Waals surface area contributed by atoms with Crippen LogP contribution in [0.25, 0.3) is 0 Å². The number of carbonyl (C=O) groups excluding carboxylic acids is 1. The standard InChI is InChI=1S/C35H36F2O7/c1-39-23-13-15-31(41-3)25(19-23)27(17-21-9-7-11-29(36)34(21)43-5)33(38)28(18-22-10-8-12-30(37)35(22)44-6)26-20-24(40-2)14-16-32(26)42-4/h7-16,19-20,27-28H,17-18H2,1-6H3. The quantitative estimate of drug-likeness (QED) is 0.154. The lowest BCUT2D eigenvalue weighted by molar-refractivity contribution is -0.122. The summed E-state index contributed by atoms with van der Waals surface area (Å²) in [6.07, 6.45) is 0.124. The maximum absolute atomic E-state index is 15.1. The Kier molecular flexibility index (Phi) is 10.7. The Morgan fingerprint density at radius 3 is 1.32 bits per heavy atom. The van der Waals surface area contributed by atoms with Crippen molar-refractivity contribution >= 4 is 5.78 Å². The number of hydrogen-bond donors (Lipinski definition) is 0. The fourth-order valence-electron chi connectivity index (χ4n) is 5.52. The van der Waals surface area contributed by atoms with Gasteiger partial charge in [0.05, 0.1) is 54.5 Å². The summed E-state index contributed by atoms with van der Waals surface area (Å²) >= 11 is 0. The van der Waals surface area contributed by atoms with E-state index in [1.807, 2.05) is 0 Å². The first-order chi connectivity index (χ1) is 21.3. The molecule has 9 heteroatoms. The van der Waals surface area contributed by atoms with E-state index in [0.29, 0.717) is 45.3 Å². The predicted molar refractivity (Wildman–Crippen MR) is 163 cm³/mol. The summed E-state index contributed by atoms with van der Waals surface area (Å²) in [6, 6.07) is 19.5. The molecule has 0 saturated carbocycles. The molecule has 232 valence electrons. The molecule has 4 rings (SSSR count). The molecule has 4 aromatic rings. The van der Waals surface area contributed by atoms with Gasteiger partial charge in [-0.1, -0.05) is 24.3 Å². The minimum Gasteiger partial charge on any atom is -0.497 e. The molecule has 0 aliphatic rings. The molecule has 0 fully saturated rings. The summed E-state index contributed by atoms with van der Waals surface area (Å²) in [5, 5.41) is 0. The molecule has 0 spiro atoms. The molecule has 0 aliphatic heterocycles. The Balaban J connectivity index is 1.98. The topological polar surface area (TPSA) is 72.5 Å². The first-order valence-electron chi connectivity index (χ1n) is 13.9. The van der Waals surface area contributed by atoms with Crippen molar-refractivity contribution in [3.8, 4) is 34.5 Å². The number of halogens is 2. The van der Waals surface area contributed by atoms with Crippen molar-refractivity contribution in [1.82, 2.24) is 0 Å². The van der Waals surface area contributed by atoms with E-state index in [1.54, 1.807) is 60.7 Å². The van der Waals surface area contributed by atoms with Crippen molar-refractivity contribution in [2.24, 2.45) is 0 Å². The number of benzene rings is 4. The van der Waals surface area contributed by atoms with Crippen LogP contribution in [-0.2, 0) is 17.6 Å². The normalized spacial score (nSPS) is 12.2. The molecule has 2 unspecified atom stereocenters. The molecule has 0 amide bonds. The van der Waals surface area contributed by atoms with Crippen LogP contribution in [0, 0.1) is 11.6 Å². The van der Waals surface area contributed by atoms with E-state index >= 15 is 4.79 Å². The second kappa shape index (κ2) is 14.6. The molecule has 0 aliphatic carbocycles. The smallest absolute Gasteiger partial charge is 0.165 e. The van der Waals surface area contributed by atoms with E-state index in [0.717, 1.165) is 0 Å². The van der Waals surface area contributed by atoms with Crippen LogP contribution in [0.4, 0.5) is 8.78 Å². The average Bonchev–Trinajstić information content (AvgIpc) is 3.05. The number of hydrogen-bond acceptors (Lipinski definition) is 7. The second-order valence-corrected chi connectivity index (χ2v) is 10.00. The van der Waals surface area contributed by atoms with Gasteiger partial charge in [0.15, 0.2) is 23.1 Å². The van der Waals surface area contributed by atoms with Crippen LogP contribution in [-0.4, -0.2) is 48.4 Å². The van der Waals surface area contributed by atoms with Gasteiger partial charge in [-0.15, -0.1) is 0 Å². The molecule has 0 bridgehead atoms. The van der Waals surface area contributed by atoms with Gasteiger partial charge < -0.3 is 28.4 Å². The highest BCUT2D eigenvalue weighted by atomic mass is 19.1. The van der Waals surface area contributed by atoms with Crippen molar-refractivity contribution in [3.63, 3.8) is 0 Å². The number of Topliss-reactive ketones (excluding diaryl/α,β-unsaturated/α-hetero) is 1. The number of carbonyl (C=O) groups is 1. The van der Waals surface area contributed by atoms with Gasteiger partial charge in [0.25, 0.3) is 0 Å². The van der Waals surface area contributed by atoms with Crippen molar-refractivity contribution in [2.75, 3.05) is 42.7 Å². The Labute approximate surface area is 256 Å². The zero-order valence-electron chi connectivity index (χ0n) is 25.6. The van der Waals surface area contributed by atoms with Crippen LogP contribution in [0.3, 0.4) is 0 Å². The molecule has 4 aromatic carbocycles. The number of methoxy groups -OCH3 is 6. The van der Waals surface area contributed by atoms with Crippen LogP contribution in [0.1, 0.15) is 34.1 Å². The van der Waals surface area contributed by atoms with E-state index in [1.165, 1.54) is 54.8 Å². The maximum atomic E-state index is 15.1. The highest BCUT2D eigenvalue weighted by Crippen LogP contribution is 2.43. The van der Waals surface area contributed by atoms with Gasteiger partial charge in [-0.2, -0.15) is 0 Å². The molecular formula is C35H36F2O7. The van der Waals surface area contributed by atoms with E-state index in [4.69, 9.17) is 28.4 Å². The van der Waals surface area contributed by atoms with E-state index in [2.05, 4.69) is 0 Å². The Bertz CT molecular complexity index is 1490. The minimum atomic E-state index is -0.892. The summed E-state index contributed by atoms with van der Waals surface area (Å²) in [6.45, 7) is 0. The average molecular weight is 607 g/mol. The molecule has 44 heavy (non-hydrogen) atoms. The largest absolute Gasteiger partial charge is 0.497 e. The van der Waals surface area contributed by atoms with Gasteiger partial charge in [-0.25, -0.2) is 8.78 Å². The molecule has 0 N–H and O–H groups in total. The first kappa shape index (κ1) is 32.1. The molecule has 0 aromatic heterocycles. The maximum Gasteiger partial charge on any atom is 0.165 e. The number of para-hydroxylation sites is 2. The van der Waals surface area contributed by atoms with Crippen LogP contribution in [0.2, 0.25) is 0 Å². The minimum absolute atomic E-state index is 0.0365. The summed E-state index contributed by atoms with van der Waals surface area (Å²) in [4.78, 5) is 15.1. The molecule has 2 atom stereocenters. The van der Waals surface area contributed by atoms with Crippen molar-refractivity contribution in [1.29, 1.82) is 0 Å². The Hall–Kier alpha value is -4.79. The van der Waals surface area contributed by atoms with Crippen LogP contribution in [0.5, 0.6) is 34.5 Å². The van der Waals surface area contributed by atoms with Gasteiger partial charge in [0.1, 0.15) is 28.8 Å².